The molecule has 2 nitrogen and oxygen atoms in total. The molecule has 0 bridgehead atoms. The van der Waals surface area contributed by atoms with Crippen LogP contribution in [0.3, 0.4) is 0 Å². The Bertz CT molecular complexity index is 343. The molecule has 0 spiro atoms. The SMILES string of the molecule is CCc1sc(C(=O)N[C@@H](C)CC)cc1C. The van der Waals surface area contributed by atoms with Crippen LogP contribution in [0.2, 0.25) is 0 Å². The van der Waals surface area contributed by atoms with E-state index in [2.05, 4.69) is 26.1 Å². The van der Waals surface area contributed by atoms with Gasteiger partial charge in [0, 0.05) is 10.9 Å². The third-order valence-corrected chi connectivity index (χ3v) is 3.94. The first kappa shape index (κ1) is 12.2. The Morgan fingerprint density at radius 3 is 2.67 bits per heavy atom. The highest BCUT2D eigenvalue weighted by Crippen LogP contribution is 2.22. The van der Waals surface area contributed by atoms with Crippen molar-refractivity contribution in [3.8, 4) is 0 Å². The second kappa shape index (κ2) is 5.31. The monoisotopic (exact) mass is 225 g/mol. The first-order valence-corrected chi connectivity index (χ1v) is 6.30. The van der Waals surface area contributed by atoms with E-state index in [-0.39, 0.29) is 11.9 Å². The summed E-state index contributed by atoms with van der Waals surface area (Å²) >= 11 is 1.61. The van der Waals surface area contributed by atoms with Gasteiger partial charge in [0.2, 0.25) is 0 Å². The molecule has 0 saturated heterocycles. The highest BCUT2D eigenvalue weighted by Gasteiger charge is 2.12. The molecule has 1 atom stereocenters. The fraction of sp³-hybridized carbons (Fsp3) is 0.583. The summed E-state index contributed by atoms with van der Waals surface area (Å²) in [6.45, 7) is 8.28. The van der Waals surface area contributed by atoms with Gasteiger partial charge >= 0.3 is 0 Å². The lowest BCUT2D eigenvalue weighted by Crippen LogP contribution is -2.31. The molecule has 0 aliphatic carbocycles. The summed E-state index contributed by atoms with van der Waals surface area (Å²) in [7, 11) is 0. The van der Waals surface area contributed by atoms with Crippen molar-refractivity contribution < 1.29 is 4.79 Å². The molecule has 15 heavy (non-hydrogen) atoms. The summed E-state index contributed by atoms with van der Waals surface area (Å²) in [5.41, 5.74) is 1.23. The van der Waals surface area contributed by atoms with E-state index in [1.807, 2.05) is 13.0 Å². The number of rotatable bonds is 4. The zero-order chi connectivity index (χ0) is 11.4. The van der Waals surface area contributed by atoms with Crippen molar-refractivity contribution in [3.05, 3.63) is 21.4 Å². The maximum Gasteiger partial charge on any atom is 0.261 e. The Kier molecular flexibility index (Phi) is 4.33. The lowest BCUT2D eigenvalue weighted by molar-refractivity contribution is 0.0943. The molecule has 0 saturated carbocycles. The molecular formula is C12H19NOS. The Hall–Kier alpha value is -0.830. The molecule has 0 radical (unpaired) electrons. The second-order valence-corrected chi connectivity index (χ2v) is 4.99. The largest absolute Gasteiger partial charge is 0.349 e. The lowest BCUT2D eigenvalue weighted by atomic mass is 10.2. The quantitative estimate of drug-likeness (QED) is 0.838. The molecule has 84 valence electrons. The van der Waals surface area contributed by atoms with Crippen LogP contribution >= 0.6 is 11.3 Å². The maximum absolute atomic E-state index is 11.8. The number of carbonyl (C=O) groups is 1. The normalized spacial score (nSPS) is 12.5. The van der Waals surface area contributed by atoms with Crippen molar-refractivity contribution in [1.82, 2.24) is 5.32 Å². The molecule has 1 amide bonds. The minimum atomic E-state index is 0.0668. The van der Waals surface area contributed by atoms with Crippen LogP contribution in [0.4, 0.5) is 0 Å². The van der Waals surface area contributed by atoms with Gasteiger partial charge in [0.05, 0.1) is 4.88 Å². The van der Waals surface area contributed by atoms with E-state index in [1.165, 1.54) is 10.4 Å². The summed E-state index contributed by atoms with van der Waals surface area (Å²) in [6.07, 6.45) is 1.98. The van der Waals surface area contributed by atoms with Crippen molar-refractivity contribution in [2.45, 2.75) is 46.6 Å². The van der Waals surface area contributed by atoms with Crippen molar-refractivity contribution in [2.24, 2.45) is 0 Å². The topological polar surface area (TPSA) is 29.1 Å². The zero-order valence-corrected chi connectivity index (χ0v) is 10.7. The highest BCUT2D eigenvalue weighted by molar-refractivity contribution is 7.14. The molecule has 0 aliphatic heterocycles. The van der Waals surface area contributed by atoms with Gasteiger partial charge in [0.1, 0.15) is 0 Å². The van der Waals surface area contributed by atoms with Crippen molar-refractivity contribution in [3.63, 3.8) is 0 Å². The zero-order valence-electron chi connectivity index (χ0n) is 9.89. The fourth-order valence-corrected chi connectivity index (χ4v) is 2.40. The average molecular weight is 225 g/mol. The summed E-state index contributed by atoms with van der Waals surface area (Å²) in [4.78, 5) is 13.9. The maximum atomic E-state index is 11.8. The van der Waals surface area contributed by atoms with Gasteiger partial charge in [-0.25, -0.2) is 0 Å². The van der Waals surface area contributed by atoms with Crippen molar-refractivity contribution >= 4 is 17.2 Å². The van der Waals surface area contributed by atoms with Crippen LogP contribution in [-0.4, -0.2) is 11.9 Å². The second-order valence-electron chi connectivity index (χ2n) is 3.85. The molecule has 0 unspecified atom stereocenters. The molecule has 1 aromatic rings. The highest BCUT2D eigenvalue weighted by atomic mass is 32.1. The molecule has 0 aliphatic rings. The van der Waals surface area contributed by atoms with Gasteiger partial charge in [-0.2, -0.15) is 0 Å². The van der Waals surface area contributed by atoms with Crippen molar-refractivity contribution in [1.29, 1.82) is 0 Å². The number of hydrogen-bond acceptors (Lipinski definition) is 2. The van der Waals surface area contributed by atoms with E-state index in [1.54, 1.807) is 11.3 Å². The van der Waals surface area contributed by atoms with E-state index in [9.17, 15) is 4.79 Å². The van der Waals surface area contributed by atoms with Crippen LogP contribution in [0.15, 0.2) is 6.07 Å². The van der Waals surface area contributed by atoms with Crippen LogP contribution in [0, 0.1) is 6.92 Å². The molecule has 1 N–H and O–H groups in total. The minimum Gasteiger partial charge on any atom is -0.349 e. The van der Waals surface area contributed by atoms with Crippen LogP contribution < -0.4 is 5.32 Å². The van der Waals surface area contributed by atoms with Gasteiger partial charge in [0.15, 0.2) is 0 Å². The molecule has 1 heterocycles. The van der Waals surface area contributed by atoms with Gasteiger partial charge < -0.3 is 5.32 Å². The van der Waals surface area contributed by atoms with Gasteiger partial charge in [-0.15, -0.1) is 11.3 Å². The van der Waals surface area contributed by atoms with Gasteiger partial charge in [-0.3, -0.25) is 4.79 Å². The van der Waals surface area contributed by atoms with Crippen LogP contribution in [0.1, 0.15) is 47.3 Å². The van der Waals surface area contributed by atoms with E-state index >= 15 is 0 Å². The van der Waals surface area contributed by atoms with Crippen LogP contribution in [0.5, 0.6) is 0 Å². The first-order chi connectivity index (χ1) is 7.08. The van der Waals surface area contributed by atoms with Gasteiger partial charge in [-0.05, 0) is 38.3 Å². The minimum absolute atomic E-state index is 0.0668. The summed E-state index contributed by atoms with van der Waals surface area (Å²) in [5, 5.41) is 2.98. The summed E-state index contributed by atoms with van der Waals surface area (Å²) in [5.74, 6) is 0.0668. The number of thiophene rings is 1. The third-order valence-electron chi connectivity index (χ3n) is 2.56. The Morgan fingerprint density at radius 1 is 1.53 bits per heavy atom. The molecule has 1 aromatic heterocycles. The van der Waals surface area contributed by atoms with Gasteiger partial charge in [0.25, 0.3) is 5.91 Å². The number of amides is 1. The summed E-state index contributed by atoms with van der Waals surface area (Å²) in [6, 6.07) is 2.24. The molecule has 1 rings (SSSR count). The fourth-order valence-electron chi connectivity index (χ4n) is 1.38. The standard InChI is InChI=1S/C12H19NOS/c1-5-9(4)13-12(14)11-7-8(3)10(6-2)15-11/h7,9H,5-6H2,1-4H3,(H,13,14)/t9-/m0/s1. The molecule has 0 aromatic carbocycles. The van der Waals surface area contributed by atoms with E-state index < -0.39 is 0 Å². The molecule has 3 heteroatoms. The number of carbonyl (C=O) groups excluding carboxylic acids is 1. The number of nitrogens with one attached hydrogen (secondary N) is 1. The van der Waals surface area contributed by atoms with E-state index in [0.29, 0.717) is 0 Å². The Morgan fingerprint density at radius 2 is 2.20 bits per heavy atom. The van der Waals surface area contributed by atoms with E-state index in [4.69, 9.17) is 0 Å². The van der Waals surface area contributed by atoms with E-state index in [0.717, 1.165) is 17.7 Å². The lowest BCUT2D eigenvalue weighted by Gasteiger charge is -2.09. The smallest absolute Gasteiger partial charge is 0.261 e. The van der Waals surface area contributed by atoms with Crippen LogP contribution in [-0.2, 0) is 6.42 Å². The predicted octanol–water partition coefficient (Wildman–Crippen LogP) is 3.15. The number of hydrogen-bond donors (Lipinski definition) is 1. The third kappa shape index (κ3) is 3.06. The van der Waals surface area contributed by atoms with Crippen LogP contribution in [0.25, 0.3) is 0 Å². The summed E-state index contributed by atoms with van der Waals surface area (Å²) < 4.78 is 0. The molecule has 0 fully saturated rings. The number of aryl methyl sites for hydroxylation is 2. The van der Waals surface area contributed by atoms with Gasteiger partial charge in [-0.1, -0.05) is 13.8 Å². The predicted molar refractivity (Wildman–Crippen MR) is 65.7 cm³/mol. The first-order valence-electron chi connectivity index (χ1n) is 5.48. The molecular weight excluding hydrogens is 206 g/mol. The van der Waals surface area contributed by atoms with Crippen molar-refractivity contribution in [2.75, 3.05) is 0 Å². The Labute approximate surface area is 95.7 Å². The average Bonchev–Trinajstić information content (AvgIpc) is 2.59. The Balaban J connectivity index is 2.74.